The molecule has 292 valence electrons. The molecule has 2 N–H and O–H groups in total. The van der Waals surface area contributed by atoms with E-state index in [9.17, 15) is 27.8 Å². The van der Waals surface area contributed by atoms with Crippen molar-refractivity contribution in [3.05, 3.63) is 108 Å². The van der Waals surface area contributed by atoms with Gasteiger partial charge in [0.25, 0.3) is 0 Å². The fourth-order valence-corrected chi connectivity index (χ4v) is 5.62. The largest absolute Gasteiger partial charge is 4.00 e. The van der Waals surface area contributed by atoms with Gasteiger partial charge in [-0.15, -0.1) is 95.6 Å². The van der Waals surface area contributed by atoms with Crippen molar-refractivity contribution in [3.63, 3.8) is 0 Å². The Kier molecular flexibility index (Phi) is 27.2. The minimum Gasteiger partial charge on any atom is -0.397 e. The summed E-state index contributed by atoms with van der Waals surface area (Å²) >= 11 is 23.6. The van der Waals surface area contributed by atoms with Crippen LogP contribution in [-0.4, -0.2) is 59.3 Å². The molecule has 2 atom stereocenters. The molecule has 0 fully saturated rings. The number of alkyl halides is 4. The van der Waals surface area contributed by atoms with Crippen molar-refractivity contribution in [3.8, 4) is 0 Å². The van der Waals surface area contributed by atoms with Crippen LogP contribution in [0.3, 0.4) is 0 Å². The first-order valence-electron chi connectivity index (χ1n) is 17.1. The van der Waals surface area contributed by atoms with Crippen LogP contribution >= 0.6 is 46.4 Å². The van der Waals surface area contributed by atoms with Gasteiger partial charge in [-0.1, -0.05) is 40.5 Å². The zero-order valence-corrected chi connectivity index (χ0v) is 35.3. The van der Waals surface area contributed by atoms with Gasteiger partial charge in [0, 0.05) is 70.7 Å². The van der Waals surface area contributed by atoms with E-state index in [-0.39, 0.29) is 56.6 Å². The second-order valence-electron chi connectivity index (χ2n) is 12.7. The average molecular weight is 857 g/mol. The Hall–Kier alpha value is -1.49. The molecule has 0 heterocycles. The second kappa shape index (κ2) is 28.0. The normalized spacial score (nSPS) is 13.8. The third-order valence-electron chi connectivity index (χ3n) is 8.04. The first-order chi connectivity index (χ1) is 24.8. The van der Waals surface area contributed by atoms with E-state index >= 15 is 0 Å². The molecule has 13 heteroatoms. The van der Waals surface area contributed by atoms with Gasteiger partial charge in [0.05, 0.1) is 0 Å². The maximum Gasteiger partial charge on any atom is 4.00 e. The Morgan fingerprint density at radius 3 is 1.21 bits per heavy atom. The molecular weight excluding hydrogens is 806 g/mol. The van der Waals surface area contributed by atoms with E-state index in [1.54, 1.807) is 13.8 Å². The number of unbranched alkanes of at least 4 members (excludes halogenated alkanes) is 2. The maximum atomic E-state index is 14.0. The van der Waals surface area contributed by atoms with Gasteiger partial charge in [-0.25, -0.2) is 41.9 Å². The van der Waals surface area contributed by atoms with E-state index in [4.69, 9.17) is 46.4 Å². The number of rotatable bonds is 16. The Labute approximate surface area is 349 Å². The quantitative estimate of drug-likeness (QED) is 0.0581. The van der Waals surface area contributed by atoms with Crippen LogP contribution in [0.25, 0.3) is 0 Å². The topological polar surface area (TPSA) is 46.9 Å². The van der Waals surface area contributed by atoms with Gasteiger partial charge in [-0.05, 0) is 24.2 Å². The molecule has 0 bridgehead atoms. The predicted octanol–water partition coefficient (Wildman–Crippen LogP) is 11.0. The summed E-state index contributed by atoms with van der Waals surface area (Å²) in [6, 6.07) is 8.79. The molecule has 2 aromatic rings. The number of hydrogen-bond acceptors (Lipinski definition) is 4. The van der Waals surface area contributed by atoms with Gasteiger partial charge in [0.2, 0.25) is 0 Å². The van der Waals surface area contributed by atoms with Gasteiger partial charge in [-0.2, -0.15) is 12.2 Å². The Bertz CT molecular complexity index is 1300. The molecule has 2 aromatic carbocycles. The van der Waals surface area contributed by atoms with E-state index < -0.39 is 46.6 Å². The predicted molar refractivity (Wildman–Crippen MR) is 209 cm³/mol. The standard InChI is InChI=1S/2C15H20Cl2F2NO.2C5H5.Ti/c2*1-3-4-7-20(14(21)15(2,9-16)10-17)13-6-5-11(18)8-12(13)19;2*1-2-4-5-3-1;/h2*5-6,14,21H,3-4,7,9-10H2,1-2H3;2*1-3H,4H2;/q4*-1;+4. The van der Waals surface area contributed by atoms with Crippen molar-refractivity contribution in [2.75, 3.05) is 46.4 Å². The van der Waals surface area contributed by atoms with Crippen molar-refractivity contribution in [1.29, 1.82) is 0 Å². The van der Waals surface area contributed by atoms with Gasteiger partial charge in [-0.3, -0.25) is 12.2 Å². The van der Waals surface area contributed by atoms with Crippen LogP contribution in [0.2, 0.25) is 0 Å². The Morgan fingerprint density at radius 2 is 1.00 bits per heavy atom. The van der Waals surface area contributed by atoms with Crippen LogP contribution in [-0.2, 0) is 21.7 Å². The summed E-state index contributed by atoms with van der Waals surface area (Å²) in [4.78, 5) is 2.94. The van der Waals surface area contributed by atoms with Gasteiger partial charge < -0.3 is 20.0 Å². The van der Waals surface area contributed by atoms with Gasteiger partial charge in [0.1, 0.15) is 12.5 Å². The molecule has 4 nitrogen and oxygen atoms in total. The number of aliphatic hydroxyl groups is 2. The Balaban J connectivity index is 0.000000791. The summed E-state index contributed by atoms with van der Waals surface area (Å²) in [6.45, 7) is 8.25. The number of hydrogen-bond donors (Lipinski definition) is 2. The maximum absolute atomic E-state index is 14.0. The number of allylic oxidation sites excluding steroid dienone is 8. The number of halogens is 8. The third-order valence-corrected chi connectivity index (χ3v) is 10.5. The molecular formula is C40H50Cl4F4N2O2Ti. The minimum atomic E-state index is -1.08. The summed E-state index contributed by atoms with van der Waals surface area (Å²) < 4.78 is 54.0. The number of aliphatic hydroxyl groups excluding tert-OH is 2. The molecule has 0 spiro atoms. The molecule has 0 radical (unpaired) electrons. The SMILES string of the molecule is CCCCN(c1ccc(F)[c-]c1F)C(O)C(C)(CCl)CCl.CCCCN(c1ccc(F)[c-]c1F)C(O)C(C)(CCl)CCl.[C-]1=CC=CC1.[C-]1=CC=CC1.[Ti+4]. The molecule has 2 aliphatic carbocycles. The zero-order valence-electron chi connectivity index (χ0n) is 30.7. The average Bonchev–Trinajstić information content (AvgIpc) is 3.93. The molecule has 0 saturated heterocycles. The number of nitrogens with zero attached hydrogens (tertiary/aromatic N) is 2. The van der Waals surface area contributed by atoms with Crippen LogP contribution in [0.4, 0.5) is 28.9 Å². The monoisotopic (exact) mass is 854 g/mol. The first-order valence-corrected chi connectivity index (χ1v) is 19.2. The molecule has 0 saturated carbocycles. The van der Waals surface area contributed by atoms with Crippen molar-refractivity contribution in [2.24, 2.45) is 10.8 Å². The summed E-state index contributed by atoms with van der Waals surface area (Å²) in [5.41, 5.74) is -1.42. The van der Waals surface area contributed by atoms with Crippen LogP contribution in [0.1, 0.15) is 66.2 Å². The minimum absolute atomic E-state index is 0. The fourth-order valence-electron chi connectivity index (χ4n) is 4.50. The molecule has 0 aromatic heterocycles. The molecule has 53 heavy (non-hydrogen) atoms. The molecule has 0 aliphatic heterocycles. The molecule has 2 aliphatic rings. The summed E-state index contributed by atoms with van der Waals surface area (Å²) in [5.74, 6) is -2.76. The second-order valence-corrected chi connectivity index (χ2v) is 13.8. The van der Waals surface area contributed by atoms with Crippen molar-refractivity contribution in [1.82, 2.24) is 0 Å². The van der Waals surface area contributed by atoms with Crippen molar-refractivity contribution in [2.45, 2.75) is 78.7 Å². The molecule has 4 rings (SSSR count). The fraction of sp³-hybridized carbons (Fsp3) is 0.500. The first kappa shape index (κ1) is 51.5. The van der Waals surface area contributed by atoms with Crippen molar-refractivity contribution >= 4 is 57.8 Å². The summed E-state index contributed by atoms with van der Waals surface area (Å²) in [6.07, 6.45) is 21.1. The van der Waals surface area contributed by atoms with Gasteiger partial charge >= 0.3 is 21.7 Å². The zero-order chi connectivity index (χ0) is 39.2. The smallest absolute Gasteiger partial charge is 0.397 e. The van der Waals surface area contributed by atoms with Gasteiger partial charge in [0.15, 0.2) is 0 Å². The Morgan fingerprint density at radius 1 is 0.660 bits per heavy atom. The number of anilines is 2. The van der Waals surface area contributed by atoms with E-state index in [0.29, 0.717) is 13.1 Å². The van der Waals surface area contributed by atoms with Crippen molar-refractivity contribution < 1.29 is 49.5 Å². The molecule has 2 unspecified atom stereocenters. The van der Waals surface area contributed by atoms with Crippen LogP contribution in [0, 0.1) is 58.4 Å². The summed E-state index contributed by atoms with van der Waals surface area (Å²) in [7, 11) is 0. The van der Waals surface area contributed by atoms with E-state index in [0.717, 1.165) is 50.7 Å². The third kappa shape index (κ3) is 17.5. The van der Waals surface area contributed by atoms with E-state index in [2.05, 4.69) is 24.3 Å². The van der Waals surface area contributed by atoms with Crippen LogP contribution in [0.5, 0.6) is 0 Å². The molecule has 0 amide bonds. The van der Waals surface area contributed by atoms with Crippen LogP contribution in [0.15, 0.2) is 60.7 Å². The van der Waals surface area contributed by atoms with E-state index in [1.165, 1.54) is 21.9 Å². The summed E-state index contributed by atoms with van der Waals surface area (Å²) in [5, 5.41) is 21.2. The van der Waals surface area contributed by atoms with E-state index in [1.807, 2.05) is 50.3 Å². The van der Waals surface area contributed by atoms with Crippen LogP contribution < -0.4 is 9.80 Å². The number of benzene rings is 2.